The van der Waals surface area contributed by atoms with E-state index in [1.165, 1.54) is 0 Å². The molecule has 2 rings (SSSR count). The van der Waals surface area contributed by atoms with E-state index >= 15 is 0 Å². The first-order valence-electron chi connectivity index (χ1n) is 7.96. The standard InChI is InChI=1S/C17H27FN2S/c1-5-9-19-12(2)15-7-6-8-16(18)17(15)20-10-11-21-14(4)13(20)3/h6-8,12-14,19H,5,9-11H2,1-4H3. The quantitative estimate of drug-likeness (QED) is 0.877. The molecule has 4 heteroatoms. The van der Waals surface area contributed by atoms with Crippen molar-refractivity contribution in [3.63, 3.8) is 0 Å². The van der Waals surface area contributed by atoms with Gasteiger partial charge in [-0.1, -0.05) is 26.0 Å². The molecule has 0 amide bonds. The number of hydrogen-bond acceptors (Lipinski definition) is 3. The summed E-state index contributed by atoms with van der Waals surface area (Å²) < 4.78 is 14.5. The average molecular weight is 310 g/mol. The van der Waals surface area contributed by atoms with E-state index in [1.54, 1.807) is 6.07 Å². The minimum Gasteiger partial charge on any atom is -0.364 e. The van der Waals surface area contributed by atoms with E-state index in [9.17, 15) is 4.39 Å². The van der Waals surface area contributed by atoms with Crippen LogP contribution in [0.4, 0.5) is 10.1 Å². The van der Waals surface area contributed by atoms with Crippen LogP contribution in [0.3, 0.4) is 0 Å². The first kappa shape index (κ1) is 16.6. The number of hydrogen-bond donors (Lipinski definition) is 1. The van der Waals surface area contributed by atoms with E-state index in [4.69, 9.17) is 0 Å². The molecule has 1 aliphatic heterocycles. The van der Waals surface area contributed by atoms with Crippen LogP contribution in [0.15, 0.2) is 18.2 Å². The molecule has 3 atom stereocenters. The summed E-state index contributed by atoms with van der Waals surface area (Å²) in [5.74, 6) is 0.972. The Bertz CT molecular complexity index is 466. The van der Waals surface area contributed by atoms with Gasteiger partial charge in [-0.2, -0.15) is 11.8 Å². The third kappa shape index (κ3) is 3.72. The summed E-state index contributed by atoms with van der Waals surface area (Å²) in [6, 6.07) is 6.01. The Balaban J connectivity index is 2.33. The summed E-state index contributed by atoms with van der Waals surface area (Å²) in [5.41, 5.74) is 1.88. The topological polar surface area (TPSA) is 15.3 Å². The van der Waals surface area contributed by atoms with Gasteiger partial charge in [-0.05, 0) is 38.4 Å². The normalized spacial score (nSPS) is 24.1. The largest absolute Gasteiger partial charge is 0.364 e. The number of benzene rings is 1. The predicted molar refractivity (Wildman–Crippen MR) is 91.8 cm³/mol. The van der Waals surface area contributed by atoms with E-state index in [0.717, 1.165) is 36.5 Å². The van der Waals surface area contributed by atoms with Crippen LogP contribution >= 0.6 is 11.8 Å². The van der Waals surface area contributed by atoms with Gasteiger partial charge in [0.25, 0.3) is 0 Å². The molecule has 0 aromatic heterocycles. The molecule has 1 heterocycles. The van der Waals surface area contributed by atoms with E-state index in [0.29, 0.717) is 11.3 Å². The van der Waals surface area contributed by atoms with E-state index < -0.39 is 0 Å². The SMILES string of the molecule is CCCNC(C)c1cccc(F)c1N1CCSC(C)C1C. The molecule has 1 aliphatic rings. The molecule has 1 aromatic carbocycles. The number of rotatable bonds is 5. The molecule has 0 aliphatic carbocycles. The van der Waals surface area contributed by atoms with Crippen LogP contribution in [0, 0.1) is 5.82 Å². The third-order valence-electron chi connectivity index (χ3n) is 4.36. The Morgan fingerprint density at radius 3 is 2.90 bits per heavy atom. The van der Waals surface area contributed by atoms with E-state index in [1.807, 2.05) is 17.8 Å². The van der Waals surface area contributed by atoms with Crippen LogP contribution in [-0.2, 0) is 0 Å². The van der Waals surface area contributed by atoms with Gasteiger partial charge >= 0.3 is 0 Å². The number of thioether (sulfide) groups is 1. The molecule has 21 heavy (non-hydrogen) atoms. The lowest BCUT2D eigenvalue weighted by atomic mass is 10.0. The second kappa shape index (κ2) is 7.50. The van der Waals surface area contributed by atoms with Gasteiger partial charge in [0.1, 0.15) is 5.82 Å². The Morgan fingerprint density at radius 1 is 1.43 bits per heavy atom. The van der Waals surface area contributed by atoms with Crippen LogP contribution in [0.5, 0.6) is 0 Å². The minimum absolute atomic E-state index is 0.0939. The minimum atomic E-state index is -0.0939. The number of nitrogens with zero attached hydrogens (tertiary/aromatic N) is 1. The molecular weight excluding hydrogens is 283 g/mol. The summed E-state index contributed by atoms with van der Waals surface area (Å²) in [4.78, 5) is 2.26. The zero-order valence-corrected chi connectivity index (χ0v) is 14.3. The van der Waals surface area contributed by atoms with Crippen LogP contribution in [0.25, 0.3) is 0 Å². The molecule has 1 fully saturated rings. The Hall–Kier alpha value is -0.740. The van der Waals surface area contributed by atoms with Crippen LogP contribution in [0.2, 0.25) is 0 Å². The average Bonchev–Trinajstić information content (AvgIpc) is 2.48. The fourth-order valence-corrected chi connectivity index (χ4v) is 4.00. The second-order valence-corrected chi connectivity index (χ2v) is 7.35. The smallest absolute Gasteiger partial charge is 0.146 e. The van der Waals surface area contributed by atoms with Gasteiger partial charge in [0.2, 0.25) is 0 Å². The van der Waals surface area contributed by atoms with Crippen molar-refractivity contribution in [3.8, 4) is 0 Å². The fraction of sp³-hybridized carbons (Fsp3) is 0.647. The van der Waals surface area contributed by atoms with Crippen molar-refractivity contribution in [2.75, 3.05) is 23.7 Å². The number of halogens is 1. The Labute approximate surface area is 132 Å². The summed E-state index contributed by atoms with van der Waals surface area (Å²) in [6.07, 6.45) is 1.09. The molecule has 1 N–H and O–H groups in total. The maximum atomic E-state index is 14.5. The van der Waals surface area contributed by atoms with Gasteiger partial charge in [0.15, 0.2) is 0 Å². The molecule has 1 saturated heterocycles. The summed E-state index contributed by atoms with van der Waals surface area (Å²) in [7, 11) is 0. The van der Waals surface area contributed by atoms with Crippen molar-refractivity contribution in [1.82, 2.24) is 5.32 Å². The van der Waals surface area contributed by atoms with Gasteiger partial charge in [0, 0.05) is 29.6 Å². The third-order valence-corrected chi connectivity index (χ3v) is 5.69. The molecule has 0 radical (unpaired) electrons. The van der Waals surface area contributed by atoms with Crippen molar-refractivity contribution < 1.29 is 4.39 Å². The predicted octanol–water partition coefficient (Wildman–Crippen LogP) is 4.22. The molecule has 118 valence electrons. The fourth-order valence-electron chi connectivity index (χ4n) is 2.90. The van der Waals surface area contributed by atoms with Crippen molar-refractivity contribution in [2.24, 2.45) is 0 Å². The zero-order valence-electron chi connectivity index (χ0n) is 13.5. The number of nitrogens with one attached hydrogen (secondary N) is 1. The zero-order chi connectivity index (χ0) is 15.4. The molecule has 0 saturated carbocycles. The molecule has 0 spiro atoms. The molecule has 2 nitrogen and oxygen atoms in total. The first-order valence-corrected chi connectivity index (χ1v) is 9.01. The molecule has 1 aromatic rings. The monoisotopic (exact) mass is 310 g/mol. The lowest BCUT2D eigenvalue weighted by molar-refractivity contribution is 0.545. The molecule has 0 bridgehead atoms. The highest BCUT2D eigenvalue weighted by molar-refractivity contribution is 8.00. The van der Waals surface area contributed by atoms with Crippen molar-refractivity contribution in [2.45, 2.75) is 51.4 Å². The van der Waals surface area contributed by atoms with Gasteiger partial charge in [-0.25, -0.2) is 4.39 Å². The molecular formula is C17H27FN2S. The Kier molecular flexibility index (Phi) is 5.94. The summed E-state index contributed by atoms with van der Waals surface area (Å²) in [5, 5.41) is 4.02. The highest BCUT2D eigenvalue weighted by atomic mass is 32.2. The highest BCUT2D eigenvalue weighted by Crippen LogP contribution is 2.35. The maximum Gasteiger partial charge on any atom is 0.146 e. The summed E-state index contributed by atoms with van der Waals surface area (Å²) >= 11 is 1.98. The van der Waals surface area contributed by atoms with Crippen molar-refractivity contribution in [3.05, 3.63) is 29.6 Å². The summed E-state index contributed by atoms with van der Waals surface area (Å²) in [6.45, 7) is 10.6. The van der Waals surface area contributed by atoms with Gasteiger partial charge in [-0.3, -0.25) is 0 Å². The first-order chi connectivity index (χ1) is 10.1. The number of para-hydroxylation sites is 1. The van der Waals surface area contributed by atoms with Crippen molar-refractivity contribution >= 4 is 17.4 Å². The lowest BCUT2D eigenvalue weighted by Crippen LogP contribution is -2.46. The van der Waals surface area contributed by atoms with Gasteiger partial charge < -0.3 is 10.2 Å². The number of anilines is 1. The van der Waals surface area contributed by atoms with Crippen LogP contribution in [0.1, 0.15) is 45.7 Å². The van der Waals surface area contributed by atoms with Gasteiger partial charge in [-0.15, -0.1) is 0 Å². The lowest BCUT2D eigenvalue weighted by Gasteiger charge is -2.40. The van der Waals surface area contributed by atoms with E-state index in [2.05, 4.69) is 44.0 Å². The molecule has 3 unspecified atom stereocenters. The van der Waals surface area contributed by atoms with Gasteiger partial charge in [0.05, 0.1) is 5.69 Å². The highest BCUT2D eigenvalue weighted by Gasteiger charge is 2.29. The second-order valence-electron chi connectivity index (χ2n) is 5.86. The van der Waals surface area contributed by atoms with Crippen LogP contribution in [-0.4, -0.2) is 30.1 Å². The maximum absolute atomic E-state index is 14.5. The van der Waals surface area contributed by atoms with E-state index in [-0.39, 0.29) is 11.9 Å². The van der Waals surface area contributed by atoms with Crippen molar-refractivity contribution in [1.29, 1.82) is 0 Å². The van der Waals surface area contributed by atoms with Crippen LogP contribution < -0.4 is 10.2 Å². The Morgan fingerprint density at radius 2 is 2.19 bits per heavy atom.